The maximum absolute atomic E-state index is 5.17. The number of ether oxygens (including phenoxy) is 1. The Labute approximate surface area is 113 Å². The lowest BCUT2D eigenvalue weighted by molar-refractivity contribution is 0.415. The van der Waals surface area contributed by atoms with E-state index in [9.17, 15) is 0 Å². The molecule has 1 aromatic carbocycles. The summed E-state index contributed by atoms with van der Waals surface area (Å²) in [6, 6.07) is 5.79. The Bertz CT molecular complexity index is 489. The van der Waals surface area contributed by atoms with Crippen molar-refractivity contribution in [1.29, 1.82) is 0 Å². The van der Waals surface area contributed by atoms with Crippen LogP contribution in [0.1, 0.15) is 0 Å². The molecule has 78 valence electrons. The van der Waals surface area contributed by atoms with Gasteiger partial charge in [0.2, 0.25) is 3.83 Å². The molecule has 0 saturated carbocycles. The molecule has 0 radical (unpaired) electrons. The number of halogens is 2. The number of rotatable bonds is 2. The van der Waals surface area contributed by atoms with Gasteiger partial charge in [0.1, 0.15) is 10.8 Å². The quantitative estimate of drug-likeness (QED) is 0.727. The Morgan fingerprint density at radius 1 is 1.47 bits per heavy atom. The predicted molar refractivity (Wildman–Crippen MR) is 72.3 cm³/mol. The van der Waals surface area contributed by atoms with E-state index < -0.39 is 0 Å². The van der Waals surface area contributed by atoms with Gasteiger partial charge in [-0.15, -0.1) is 0 Å². The lowest BCUT2D eigenvalue weighted by Gasteiger charge is -2.03. The van der Waals surface area contributed by atoms with E-state index in [1.807, 2.05) is 18.2 Å². The summed E-state index contributed by atoms with van der Waals surface area (Å²) < 4.78 is 11.1. The first-order valence-electron chi connectivity index (χ1n) is 4.04. The van der Waals surface area contributed by atoms with Gasteiger partial charge in [-0.2, -0.15) is 4.37 Å². The van der Waals surface area contributed by atoms with Crippen molar-refractivity contribution in [3.63, 3.8) is 0 Å². The highest BCUT2D eigenvalue weighted by atomic mass is 127. The molecule has 0 aliphatic carbocycles. The van der Waals surface area contributed by atoms with E-state index in [0.717, 1.165) is 24.6 Å². The van der Waals surface area contributed by atoms with Crippen molar-refractivity contribution in [1.82, 2.24) is 9.36 Å². The van der Waals surface area contributed by atoms with E-state index in [2.05, 4.69) is 47.9 Å². The van der Waals surface area contributed by atoms with E-state index in [-0.39, 0.29) is 0 Å². The Morgan fingerprint density at radius 3 is 2.87 bits per heavy atom. The van der Waals surface area contributed by atoms with E-state index in [0.29, 0.717) is 0 Å². The summed E-state index contributed by atoms with van der Waals surface area (Å²) in [4.78, 5) is 4.33. The monoisotopic (exact) mass is 396 g/mol. The molecule has 0 fully saturated rings. The third kappa shape index (κ3) is 2.48. The second kappa shape index (κ2) is 4.75. The van der Waals surface area contributed by atoms with Gasteiger partial charge in [-0.25, -0.2) is 4.98 Å². The number of hydrogen-bond donors (Lipinski definition) is 0. The zero-order valence-electron chi connectivity index (χ0n) is 7.70. The molecule has 15 heavy (non-hydrogen) atoms. The van der Waals surface area contributed by atoms with Crippen molar-refractivity contribution in [3.8, 4) is 16.3 Å². The molecule has 0 aliphatic rings. The summed E-state index contributed by atoms with van der Waals surface area (Å²) in [5, 5.41) is 0.894. The fourth-order valence-corrected chi connectivity index (χ4v) is 2.97. The van der Waals surface area contributed by atoms with Gasteiger partial charge in [0.05, 0.1) is 7.11 Å². The molecule has 0 saturated heterocycles. The van der Waals surface area contributed by atoms with Crippen LogP contribution >= 0.6 is 50.1 Å². The highest BCUT2D eigenvalue weighted by Gasteiger charge is 2.09. The molecule has 0 amide bonds. The maximum Gasteiger partial charge on any atom is 0.203 e. The fourth-order valence-electron chi connectivity index (χ4n) is 1.11. The Kier molecular flexibility index (Phi) is 3.57. The van der Waals surface area contributed by atoms with Crippen LogP contribution in [0.4, 0.5) is 0 Å². The average molecular weight is 397 g/mol. The van der Waals surface area contributed by atoms with Gasteiger partial charge in [-0.3, -0.25) is 0 Å². The van der Waals surface area contributed by atoms with E-state index >= 15 is 0 Å². The third-order valence-electron chi connectivity index (χ3n) is 1.81. The molecule has 0 bridgehead atoms. The first-order valence-corrected chi connectivity index (χ1v) is 6.68. The van der Waals surface area contributed by atoms with Crippen LogP contribution in [0.2, 0.25) is 0 Å². The summed E-state index contributed by atoms with van der Waals surface area (Å²) in [7, 11) is 1.65. The standard InChI is InChI=1S/C9H6BrIN2OS/c1-14-5-2-3-7(10)6(4-5)8-12-9(11)13-15-8/h2-4H,1H3. The molecule has 2 aromatic rings. The minimum absolute atomic E-state index is 0.766. The zero-order chi connectivity index (χ0) is 10.8. The van der Waals surface area contributed by atoms with Crippen LogP contribution in [0.3, 0.4) is 0 Å². The molecule has 1 heterocycles. The van der Waals surface area contributed by atoms with Crippen LogP contribution in [0, 0.1) is 3.83 Å². The van der Waals surface area contributed by atoms with Crippen molar-refractivity contribution in [2.45, 2.75) is 0 Å². The molecule has 0 unspecified atom stereocenters. The third-order valence-corrected chi connectivity index (χ3v) is 4.05. The highest BCUT2D eigenvalue weighted by Crippen LogP contribution is 2.32. The van der Waals surface area contributed by atoms with E-state index in [4.69, 9.17) is 4.74 Å². The first kappa shape index (κ1) is 11.3. The lowest BCUT2D eigenvalue weighted by atomic mass is 10.2. The molecular formula is C9H6BrIN2OS. The van der Waals surface area contributed by atoms with Crippen LogP contribution in [-0.2, 0) is 0 Å². The molecule has 2 rings (SSSR count). The van der Waals surface area contributed by atoms with Gasteiger partial charge in [-0.05, 0) is 29.7 Å². The molecule has 6 heteroatoms. The van der Waals surface area contributed by atoms with Crippen molar-refractivity contribution < 1.29 is 4.74 Å². The summed E-state index contributed by atoms with van der Waals surface area (Å²) in [6.07, 6.45) is 0. The summed E-state index contributed by atoms with van der Waals surface area (Å²) in [5.41, 5.74) is 1.01. The molecule has 0 spiro atoms. The maximum atomic E-state index is 5.17. The SMILES string of the molecule is COc1ccc(Br)c(-c2nc(I)ns2)c1. The van der Waals surface area contributed by atoms with Gasteiger partial charge < -0.3 is 4.74 Å². The summed E-state index contributed by atoms with van der Waals surface area (Å²) in [6.45, 7) is 0. The van der Waals surface area contributed by atoms with E-state index in [1.54, 1.807) is 7.11 Å². The van der Waals surface area contributed by atoms with Crippen molar-refractivity contribution in [2.24, 2.45) is 0 Å². The minimum atomic E-state index is 0.766. The fraction of sp³-hybridized carbons (Fsp3) is 0.111. The normalized spacial score (nSPS) is 10.3. The van der Waals surface area contributed by atoms with Gasteiger partial charge in [-0.1, -0.05) is 15.9 Å². The second-order valence-electron chi connectivity index (χ2n) is 2.71. The second-order valence-corrected chi connectivity index (χ2v) is 5.29. The average Bonchev–Trinajstić information content (AvgIpc) is 2.65. The highest BCUT2D eigenvalue weighted by molar-refractivity contribution is 14.1. The minimum Gasteiger partial charge on any atom is -0.497 e. The van der Waals surface area contributed by atoms with Crippen LogP contribution in [-0.4, -0.2) is 16.5 Å². The van der Waals surface area contributed by atoms with Crippen molar-refractivity contribution in [2.75, 3.05) is 7.11 Å². The van der Waals surface area contributed by atoms with Crippen molar-refractivity contribution >= 4 is 50.1 Å². The largest absolute Gasteiger partial charge is 0.497 e. The topological polar surface area (TPSA) is 35.0 Å². The number of aromatic nitrogens is 2. The molecule has 0 N–H and O–H groups in total. The lowest BCUT2D eigenvalue weighted by Crippen LogP contribution is -1.85. The zero-order valence-corrected chi connectivity index (χ0v) is 12.3. The molecule has 0 atom stereocenters. The summed E-state index contributed by atoms with van der Waals surface area (Å²) >= 11 is 6.97. The Hall–Kier alpha value is -0.210. The molecule has 0 aliphatic heterocycles. The van der Waals surface area contributed by atoms with Crippen LogP contribution < -0.4 is 4.74 Å². The van der Waals surface area contributed by atoms with Crippen molar-refractivity contribution in [3.05, 3.63) is 26.5 Å². The van der Waals surface area contributed by atoms with Gasteiger partial charge in [0, 0.05) is 32.6 Å². The van der Waals surface area contributed by atoms with Crippen LogP contribution in [0.15, 0.2) is 22.7 Å². The summed E-state index contributed by atoms with van der Waals surface area (Å²) in [5.74, 6) is 0.818. The Morgan fingerprint density at radius 2 is 2.27 bits per heavy atom. The first-order chi connectivity index (χ1) is 7.20. The number of hydrogen-bond acceptors (Lipinski definition) is 4. The molecule has 3 nitrogen and oxygen atoms in total. The Balaban J connectivity index is 2.51. The predicted octanol–water partition coefficient (Wildman–Crippen LogP) is 3.58. The van der Waals surface area contributed by atoms with Gasteiger partial charge >= 0.3 is 0 Å². The number of methoxy groups -OCH3 is 1. The molecule has 1 aromatic heterocycles. The number of benzene rings is 1. The van der Waals surface area contributed by atoms with Crippen LogP contribution in [0.25, 0.3) is 10.6 Å². The molecular weight excluding hydrogens is 391 g/mol. The number of nitrogens with zero attached hydrogens (tertiary/aromatic N) is 2. The smallest absolute Gasteiger partial charge is 0.203 e. The van der Waals surface area contributed by atoms with Gasteiger partial charge in [0.25, 0.3) is 0 Å². The van der Waals surface area contributed by atoms with Gasteiger partial charge in [0.15, 0.2) is 0 Å². The van der Waals surface area contributed by atoms with Crippen LogP contribution in [0.5, 0.6) is 5.75 Å². The van der Waals surface area contributed by atoms with E-state index in [1.165, 1.54) is 11.5 Å².